The second-order valence-electron chi connectivity index (χ2n) is 3.82. The lowest BCUT2D eigenvalue weighted by Crippen LogP contribution is -2.34. The van der Waals surface area contributed by atoms with Crippen LogP contribution in [0.1, 0.15) is 32.6 Å². The summed E-state index contributed by atoms with van der Waals surface area (Å²) < 4.78 is 0. The molecule has 0 aromatic carbocycles. The van der Waals surface area contributed by atoms with Crippen molar-refractivity contribution in [3.8, 4) is 0 Å². The topological polar surface area (TPSA) is 41.1 Å². The first kappa shape index (κ1) is 9.52. The van der Waals surface area contributed by atoms with Gasteiger partial charge in [0.1, 0.15) is 0 Å². The number of rotatable bonds is 5. The first-order valence-corrected chi connectivity index (χ1v) is 4.62. The minimum atomic E-state index is 0.150. The zero-order valence-electron chi connectivity index (χ0n) is 7.94. The van der Waals surface area contributed by atoms with E-state index in [4.69, 9.17) is 0 Å². The van der Waals surface area contributed by atoms with Crippen LogP contribution in [-0.2, 0) is 4.79 Å². The van der Waals surface area contributed by atoms with E-state index in [-0.39, 0.29) is 11.4 Å². The second-order valence-corrected chi connectivity index (χ2v) is 3.82. The van der Waals surface area contributed by atoms with E-state index < -0.39 is 0 Å². The van der Waals surface area contributed by atoms with Crippen molar-refractivity contribution in [1.29, 1.82) is 0 Å². The Kier molecular flexibility index (Phi) is 3.09. The molecule has 1 amide bonds. The average Bonchev–Trinajstić information content (AvgIpc) is 2.68. The van der Waals surface area contributed by atoms with Gasteiger partial charge in [-0.1, -0.05) is 0 Å². The number of carbonyl (C=O) groups excluding carboxylic acids is 1. The Hall–Kier alpha value is -0.570. The molecular weight excluding hydrogens is 152 g/mol. The van der Waals surface area contributed by atoms with Crippen LogP contribution < -0.4 is 10.6 Å². The highest BCUT2D eigenvalue weighted by Crippen LogP contribution is 2.34. The second kappa shape index (κ2) is 3.90. The number of hydrogen-bond acceptors (Lipinski definition) is 2. The van der Waals surface area contributed by atoms with Crippen LogP contribution >= 0.6 is 0 Å². The number of carbonyl (C=O) groups is 1. The molecule has 0 saturated heterocycles. The van der Waals surface area contributed by atoms with E-state index in [9.17, 15) is 4.79 Å². The molecule has 0 spiro atoms. The highest BCUT2D eigenvalue weighted by molar-refractivity contribution is 5.77. The van der Waals surface area contributed by atoms with Gasteiger partial charge in [0.15, 0.2) is 0 Å². The van der Waals surface area contributed by atoms with Crippen molar-refractivity contribution in [3.63, 3.8) is 0 Å². The van der Waals surface area contributed by atoms with Gasteiger partial charge < -0.3 is 10.6 Å². The summed E-state index contributed by atoms with van der Waals surface area (Å²) >= 11 is 0. The molecule has 0 heterocycles. The van der Waals surface area contributed by atoms with Crippen LogP contribution in [0.3, 0.4) is 0 Å². The van der Waals surface area contributed by atoms with Gasteiger partial charge in [-0.25, -0.2) is 0 Å². The Bertz CT molecular complexity index is 164. The van der Waals surface area contributed by atoms with Crippen molar-refractivity contribution in [1.82, 2.24) is 10.6 Å². The summed E-state index contributed by atoms with van der Waals surface area (Å²) in [5, 5.41) is 6.04. The monoisotopic (exact) mass is 170 g/mol. The largest absolute Gasteiger partial charge is 0.351 e. The molecule has 3 heteroatoms. The van der Waals surface area contributed by atoms with Crippen LogP contribution in [0.5, 0.6) is 0 Å². The smallest absolute Gasteiger partial charge is 0.220 e. The van der Waals surface area contributed by atoms with E-state index in [0.29, 0.717) is 6.42 Å². The summed E-state index contributed by atoms with van der Waals surface area (Å²) in [6, 6.07) is 0. The molecule has 0 atom stereocenters. The van der Waals surface area contributed by atoms with Gasteiger partial charge in [-0.05, 0) is 39.8 Å². The molecule has 0 aliphatic heterocycles. The van der Waals surface area contributed by atoms with Crippen LogP contribution in [0, 0.1) is 0 Å². The van der Waals surface area contributed by atoms with Gasteiger partial charge in [0, 0.05) is 12.0 Å². The van der Waals surface area contributed by atoms with Gasteiger partial charge >= 0.3 is 0 Å². The Morgan fingerprint density at radius 2 is 2.17 bits per heavy atom. The van der Waals surface area contributed by atoms with E-state index in [1.54, 1.807) is 0 Å². The van der Waals surface area contributed by atoms with Crippen LogP contribution in [0.15, 0.2) is 0 Å². The molecule has 0 bridgehead atoms. The molecule has 0 aromatic heterocycles. The van der Waals surface area contributed by atoms with Gasteiger partial charge in [-0.2, -0.15) is 0 Å². The van der Waals surface area contributed by atoms with Crippen molar-refractivity contribution >= 4 is 5.91 Å². The van der Waals surface area contributed by atoms with E-state index in [2.05, 4.69) is 17.6 Å². The quantitative estimate of drug-likeness (QED) is 0.595. The third-order valence-corrected chi connectivity index (χ3v) is 2.27. The molecular formula is C9H18N2O. The van der Waals surface area contributed by atoms with Crippen LogP contribution in [0.25, 0.3) is 0 Å². The van der Waals surface area contributed by atoms with E-state index in [1.165, 1.54) is 0 Å². The predicted octanol–water partition coefficient (Wildman–Crippen LogP) is 0.655. The highest BCUT2D eigenvalue weighted by atomic mass is 16.1. The lowest BCUT2D eigenvalue weighted by molar-refractivity contribution is -0.122. The van der Waals surface area contributed by atoms with Gasteiger partial charge in [0.25, 0.3) is 0 Å². The highest BCUT2D eigenvalue weighted by Gasteiger charge is 2.38. The Morgan fingerprint density at radius 3 is 2.67 bits per heavy atom. The van der Waals surface area contributed by atoms with Crippen molar-refractivity contribution in [2.75, 3.05) is 13.6 Å². The number of nitrogens with one attached hydrogen (secondary N) is 2. The summed E-state index contributed by atoms with van der Waals surface area (Å²) in [6.07, 6.45) is 3.87. The summed E-state index contributed by atoms with van der Waals surface area (Å²) in [7, 11) is 1.90. The Balaban J connectivity index is 2.04. The fourth-order valence-corrected chi connectivity index (χ4v) is 1.14. The molecule has 1 rings (SSSR count). The summed E-state index contributed by atoms with van der Waals surface area (Å²) in [5.41, 5.74) is 0.150. The van der Waals surface area contributed by atoms with Crippen LogP contribution in [-0.4, -0.2) is 25.0 Å². The Morgan fingerprint density at radius 1 is 1.50 bits per heavy atom. The van der Waals surface area contributed by atoms with Crippen molar-refractivity contribution in [3.05, 3.63) is 0 Å². The summed E-state index contributed by atoms with van der Waals surface area (Å²) in [6.45, 7) is 3.02. The molecule has 3 nitrogen and oxygen atoms in total. The molecule has 1 fully saturated rings. The van der Waals surface area contributed by atoms with E-state index >= 15 is 0 Å². The zero-order valence-corrected chi connectivity index (χ0v) is 7.94. The number of amides is 1. The van der Waals surface area contributed by atoms with E-state index in [0.717, 1.165) is 25.8 Å². The molecule has 1 saturated carbocycles. The maximum Gasteiger partial charge on any atom is 0.220 e. The molecule has 0 aromatic rings. The van der Waals surface area contributed by atoms with Crippen molar-refractivity contribution in [2.45, 2.75) is 38.1 Å². The molecule has 1 aliphatic carbocycles. The summed E-state index contributed by atoms with van der Waals surface area (Å²) in [4.78, 5) is 11.2. The standard InChI is InChI=1S/C9H18N2O/c1-9(5-6-9)11-8(12)4-3-7-10-2/h10H,3-7H2,1-2H3,(H,11,12). The molecule has 2 N–H and O–H groups in total. The van der Waals surface area contributed by atoms with Crippen molar-refractivity contribution < 1.29 is 4.79 Å². The van der Waals surface area contributed by atoms with Crippen molar-refractivity contribution in [2.24, 2.45) is 0 Å². The first-order valence-electron chi connectivity index (χ1n) is 4.62. The van der Waals surface area contributed by atoms with Gasteiger partial charge in [0.05, 0.1) is 0 Å². The van der Waals surface area contributed by atoms with Crippen LogP contribution in [0.4, 0.5) is 0 Å². The Labute approximate surface area is 73.9 Å². The minimum Gasteiger partial charge on any atom is -0.351 e. The third kappa shape index (κ3) is 3.22. The third-order valence-electron chi connectivity index (χ3n) is 2.27. The molecule has 0 radical (unpaired) electrons. The SMILES string of the molecule is CNCCCC(=O)NC1(C)CC1. The predicted molar refractivity (Wildman–Crippen MR) is 48.9 cm³/mol. The lowest BCUT2D eigenvalue weighted by atomic mass is 10.2. The molecule has 1 aliphatic rings. The van der Waals surface area contributed by atoms with Gasteiger partial charge in [-0.15, -0.1) is 0 Å². The molecule has 70 valence electrons. The summed E-state index contributed by atoms with van der Waals surface area (Å²) in [5.74, 6) is 0.199. The maximum atomic E-state index is 11.2. The maximum absolute atomic E-state index is 11.2. The molecule has 12 heavy (non-hydrogen) atoms. The average molecular weight is 170 g/mol. The molecule has 0 unspecified atom stereocenters. The van der Waals surface area contributed by atoms with Gasteiger partial charge in [-0.3, -0.25) is 4.79 Å². The fourth-order valence-electron chi connectivity index (χ4n) is 1.14. The van der Waals surface area contributed by atoms with E-state index in [1.807, 2.05) is 7.05 Å². The number of hydrogen-bond donors (Lipinski definition) is 2. The zero-order chi connectivity index (χ0) is 9.03. The fraction of sp³-hybridized carbons (Fsp3) is 0.889. The van der Waals surface area contributed by atoms with Crippen LogP contribution in [0.2, 0.25) is 0 Å². The normalized spacial score (nSPS) is 18.8. The van der Waals surface area contributed by atoms with Gasteiger partial charge in [0.2, 0.25) is 5.91 Å². The lowest BCUT2D eigenvalue weighted by Gasteiger charge is -2.10. The minimum absolute atomic E-state index is 0.150. The first-order chi connectivity index (χ1) is 5.66.